The summed E-state index contributed by atoms with van der Waals surface area (Å²) in [4.78, 5) is 36.3. The second kappa shape index (κ2) is 5.28. The third-order valence-electron chi connectivity index (χ3n) is 3.11. The molecule has 1 fully saturated rings. The summed E-state index contributed by atoms with van der Waals surface area (Å²) < 4.78 is 13.7. The van der Waals surface area contributed by atoms with Crippen LogP contribution < -0.4 is 5.32 Å². The maximum Gasteiger partial charge on any atom is 0.261 e. The highest BCUT2D eigenvalue weighted by Crippen LogP contribution is 2.23. The van der Waals surface area contributed by atoms with Gasteiger partial charge in [0.05, 0.1) is 0 Å². The van der Waals surface area contributed by atoms with E-state index < -0.39 is 40.9 Å². The van der Waals surface area contributed by atoms with E-state index >= 15 is 0 Å². The summed E-state index contributed by atoms with van der Waals surface area (Å²) in [5.41, 5.74) is -0.534. The number of carbonyl (C=O) groups excluding carboxylic acids is 3. The molecule has 20 heavy (non-hydrogen) atoms. The van der Waals surface area contributed by atoms with Gasteiger partial charge in [-0.25, -0.2) is 4.39 Å². The lowest BCUT2D eigenvalue weighted by atomic mass is 10.1. The standard InChI is InChI=1S/C13H13FN2O4/c1-2-8-12(19)15-10(18)6-16(8)13(20)11-7(14)4-3-5-9(11)17/h3-5,8,17H,2,6H2,1H3,(H,15,18,19). The smallest absolute Gasteiger partial charge is 0.261 e. The molecule has 2 rings (SSSR count). The number of nitrogens with one attached hydrogen (secondary N) is 1. The van der Waals surface area contributed by atoms with E-state index in [1.807, 2.05) is 0 Å². The molecule has 0 bridgehead atoms. The summed E-state index contributed by atoms with van der Waals surface area (Å²) in [6.45, 7) is 1.32. The first-order chi connectivity index (χ1) is 9.45. The van der Waals surface area contributed by atoms with Crippen molar-refractivity contribution in [3.8, 4) is 5.75 Å². The fourth-order valence-corrected chi connectivity index (χ4v) is 2.15. The maximum atomic E-state index is 13.7. The van der Waals surface area contributed by atoms with Gasteiger partial charge in [-0.1, -0.05) is 13.0 Å². The van der Waals surface area contributed by atoms with Crippen LogP contribution in [0, 0.1) is 5.82 Å². The lowest BCUT2D eigenvalue weighted by Gasteiger charge is -2.33. The van der Waals surface area contributed by atoms with Gasteiger partial charge in [0.2, 0.25) is 11.8 Å². The summed E-state index contributed by atoms with van der Waals surface area (Å²) >= 11 is 0. The summed E-state index contributed by atoms with van der Waals surface area (Å²) in [6, 6.07) is 2.59. The Balaban J connectivity index is 2.40. The monoisotopic (exact) mass is 280 g/mol. The van der Waals surface area contributed by atoms with Crippen LogP contribution in [0.2, 0.25) is 0 Å². The maximum absolute atomic E-state index is 13.7. The zero-order chi connectivity index (χ0) is 14.9. The molecule has 7 heteroatoms. The van der Waals surface area contributed by atoms with Crippen LogP contribution in [0.15, 0.2) is 18.2 Å². The Morgan fingerprint density at radius 2 is 2.20 bits per heavy atom. The molecule has 3 amide bonds. The van der Waals surface area contributed by atoms with E-state index in [0.29, 0.717) is 0 Å². The van der Waals surface area contributed by atoms with E-state index in [2.05, 4.69) is 5.32 Å². The SMILES string of the molecule is CCC1C(=O)NC(=O)CN1C(=O)c1c(O)cccc1F. The molecule has 1 unspecified atom stereocenters. The molecule has 0 aromatic heterocycles. The molecule has 1 saturated heterocycles. The van der Waals surface area contributed by atoms with Crippen LogP contribution in [0.5, 0.6) is 5.75 Å². The van der Waals surface area contributed by atoms with Crippen LogP contribution in [-0.2, 0) is 9.59 Å². The van der Waals surface area contributed by atoms with Crippen LogP contribution in [0.3, 0.4) is 0 Å². The van der Waals surface area contributed by atoms with Crippen molar-refractivity contribution >= 4 is 17.7 Å². The second-order valence-electron chi connectivity index (χ2n) is 4.40. The number of halogens is 1. The quantitative estimate of drug-likeness (QED) is 0.768. The van der Waals surface area contributed by atoms with Gasteiger partial charge in [-0.2, -0.15) is 0 Å². The predicted molar refractivity (Wildman–Crippen MR) is 66.3 cm³/mol. The number of carbonyl (C=O) groups is 3. The largest absolute Gasteiger partial charge is 0.507 e. The summed E-state index contributed by atoms with van der Waals surface area (Å²) in [5, 5.41) is 11.7. The highest BCUT2D eigenvalue weighted by Gasteiger charge is 2.37. The van der Waals surface area contributed by atoms with E-state index in [9.17, 15) is 23.9 Å². The average Bonchev–Trinajstić information content (AvgIpc) is 2.37. The Bertz CT molecular complexity index is 567. The van der Waals surface area contributed by atoms with Crippen molar-refractivity contribution in [2.75, 3.05) is 6.54 Å². The lowest BCUT2D eigenvalue weighted by Crippen LogP contribution is -2.59. The molecule has 0 saturated carbocycles. The Hall–Kier alpha value is -2.44. The van der Waals surface area contributed by atoms with Gasteiger partial charge in [0, 0.05) is 0 Å². The molecule has 1 aliphatic heterocycles. The number of phenols is 1. The minimum atomic E-state index is -0.900. The van der Waals surface area contributed by atoms with Gasteiger partial charge in [-0.3, -0.25) is 19.7 Å². The van der Waals surface area contributed by atoms with Crippen molar-refractivity contribution in [3.63, 3.8) is 0 Å². The number of amides is 3. The molecule has 1 atom stereocenters. The van der Waals surface area contributed by atoms with Gasteiger partial charge in [0.15, 0.2) is 0 Å². The van der Waals surface area contributed by atoms with Crippen molar-refractivity contribution in [1.29, 1.82) is 0 Å². The van der Waals surface area contributed by atoms with Gasteiger partial charge in [0.25, 0.3) is 5.91 Å². The van der Waals surface area contributed by atoms with Gasteiger partial charge in [0.1, 0.15) is 29.7 Å². The normalized spacial score (nSPS) is 18.9. The van der Waals surface area contributed by atoms with Gasteiger partial charge in [-0.05, 0) is 18.6 Å². The zero-order valence-electron chi connectivity index (χ0n) is 10.7. The number of aromatic hydroxyl groups is 1. The molecular weight excluding hydrogens is 267 g/mol. The third-order valence-corrected chi connectivity index (χ3v) is 3.11. The Kier molecular flexibility index (Phi) is 3.69. The summed E-state index contributed by atoms with van der Waals surface area (Å²) in [6.07, 6.45) is 0.278. The number of rotatable bonds is 2. The fourth-order valence-electron chi connectivity index (χ4n) is 2.15. The van der Waals surface area contributed by atoms with Gasteiger partial charge >= 0.3 is 0 Å². The number of hydrogen-bond acceptors (Lipinski definition) is 4. The number of piperazine rings is 1. The van der Waals surface area contributed by atoms with E-state index in [1.54, 1.807) is 6.92 Å². The number of nitrogens with zero attached hydrogens (tertiary/aromatic N) is 1. The minimum Gasteiger partial charge on any atom is -0.507 e. The van der Waals surface area contributed by atoms with Crippen molar-refractivity contribution < 1.29 is 23.9 Å². The molecule has 1 aromatic carbocycles. The molecule has 1 heterocycles. The molecule has 0 radical (unpaired) electrons. The number of benzene rings is 1. The minimum absolute atomic E-state index is 0.278. The molecule has 0 aliphatic carbocycles. The van der Waals surface area contributed by atoms with Crippen LogP contribution in [0.25, 0.3) is 0 Å². The first-order valence-corrected chi connectivity index (χ1v) is 6.07. The Morgan fingerprint density at radius 3 is 2.80 bits per heavy atom. The van der Waals surface area contributed by atoms with E-state index in [-0.39, 0.29) is 13.0 Å². The van der Waals surface area contributed by atoms with Crippen LogP contribution in [0.1, 0.15) is 23.7 Å². The Morgan fingerprint density at radius 1 is 1.50 bits per heavy atom. The van der Waals surface area contributed by atoms with Gasteiger partial charge in [-0.15, -0.1) is 0 Å². The molecular formula is C13H13FN2O4. The lowest BCUT2D eigenvalue weighted by molar-refractivity contribution is -0.138. The molecule has 1 aliphatic rings. The van der Waals surface area contributed by atoms with E-state index in [1.165, 1.54) is 12.1 Å². The number of imide groups is 1. The predicted octanol–water partition coefficient (Wildman–Crippen LogP) is 0.408. The average molecular weight is 280 g/mol. The summed E-state index contributed by atoms with van der Waals surface area (Å²) in [5.74, 6) is -3.54. The molecule has 6 nitrogen and oxygen atoms in total. The van der Waals surface area contributed by atoms with Crippen molar-refractivity contribution in [3.05, 3.63) is 29.6 Å². The molecule has 1 aromatic rings. The first-order valence-electron chi connectivity index (χ1n) is 6.07. The highest BCUT2D eigenvalue weighted by molar-refractivity contribution is 6.08. The molecule has 2 N–H and O–H groups in total. The van der Waals surface area contributed by atoms with Crippen molar-refractivity contribution in [1.82, 2.24) is 10.2 Å². The highest BCUT2D eigenvalue weighted by atomic mass is 19.1. The molecule has 106 valence electrons. The van der Waals surface area contributed by atoms with Gasteiger partial charge < -0.3 is 10.0 Å². The van der Waals surface area contributed by atoms with E-state index in [0.717, 1.165) is 11.0 Å². The first kappa shape index (κ1) is 14.0. The molecule has 0 spiro atoms. The topological polar surface area (TPSA) is 86.7 Å². The number of hydrogen-bond donors (Lipinski definition) is 2. The van der Waals surface area contributed by atoms with E-state index in [4.69, 9.17) is 0 Å². The third kappa shape index (κ3) is 2.34. The van der Waals surface area contributed by atoms with Crippen LogP contribution in [0.4, 0.5) is 4.39 Å². The Labute approximate surface area is 114 Å². The van der Waals surface area contributed by atoms with Crippen LogP contribution >= 0.6 is 0 Å². The fraction of sp³-hybridized carbons (Fsp3) is 0.308. The van der Waals surface area contributed by atoms with Crippen molar-refractivity contribution in [2.24, 2.45) is 0 Å². The van der Waals surface area contributed by atoms with Crippen molar-refractivity contribution in [2.45, 2.75) is 19.4 Å². The summed E-state index contributed by atoms with van der Waals surface area (Å²) in [7, 11) is 0. The number of phenolic OH excluding ortho intramolecular Hbond substituents is 1. The zero-order valence-corrected chi connectivity index (χ0v) is 10.7. The second-order valence-corrected chi connectivity index (χ2v) is 4.40. The van der Waals surface area contributed by atoms with Crippen LogP contribution in [-0.4, -0.2) is 40.3 Å².